The predicted octanol–water partition coefficient (Wildman–Crippen LogP) is 3.81. The summed E-state index contributed by atoms with van der Waals surface area (Å²) in [6.45, 7) is 0.828. The molecule has 0 aliphatic rings. The Morgan fingerprint density at radius 1 is 1.11 bits per heavy atom. The van der Waals surface area contributed by atoms with Crippen molar-refractivity contribution in [3.05, 3.63) is 89.5 Å². The molecule has 0 saturated carbocycles. The van der Waals surface area contributed by atoms with E-state index in [4.69, 9.17) is 4.74 Å². The first kappa shape index (κ1) is 19.4. The lowest BCUT2D eigenvalue weighted by Gasteiger charge is -2.09. The van der Waals surface area contributed by atoms with Gasteiger partial charge in [-0.2, -0.15) is 0 Å². The number of hydrogen-bond acceptors (Lipinski definition) is 4. The first-order chi connectivity index (χ1) is 13.7. The molecule has 28 heavy (non-hydrogen) atoms. The summed E-state index contributed by atoms with van der Waals surface area (Å²) in [7, 11) is 1.64. The van der Waals surface area contributed by atoms with Crippen molar-refractivity contribution in [1.82, 2.24) is 10.3 Å². The SMILES string of the molecule is COc1ccc(CCNc2cncc(C(=O)NCc3ccccc3F)c2)cc1. The lowest BCUT2D eigenvalue weighted by atomic mass is 10.1. The van der Waals surface area contributed by atoms with Crippen LogP contribution < -0.4 is 15.4 Å². The molecule has 5 nitrogen and oxygen atoms in total. The van der Waals surface area contributed by atoms with E-state index < -0.39 is 0 Å². The van der Waals surface area contributed by atoms with Gasteiger partial charge in [-0.3, -0.25) is 9.78 Å². The van der Waals surface area contributed by atoms with Gasteiger partial charge in [0, 0.05) is 31.0 Å². The molecule has 0 saturated heterocycles. The molecular formula is C22H22FN3O2. The number of carbonyl (C=O) groups excluding carboxylic acids is 1. The van der Waals surface area contributed by atoms with Gasteiger partial charge in [-0.25, -0.2) is 4.39 Å². The van der Waals surface area contributed by atoms with Gasteiger partial charge in [0.1, 0.15) is 11.6 Å². The fourth-order valence-corrected chi connectivity index (χ4v) is 2.72. The molecular weight excluding hydrogens is 357 g/mol. The van der Waals surface area contributed by atoms with Crippen LogP contribution in [0.15, 0.2) is 67.0 Å². The summed E-state index contributed by atoms with van der Waals surface area (Å²) >= 11 is 0. The summed E-state index contributed by atoms with van der Waals surface area (Å²) in [5.74, 6) is 0.194. The third-order valence-electron chi connectivity index (χ3n) is 4.30. The van der Waals surface area contributed by atoms with E-state index in [1.807, 2.05) is 24.3 Å². The number of rotatable bonds is 8. The highest BCUT2D eigenvalue weighted by Crippen LogP contribution is 2.13. The lowest BCUT2D eigenvalue weighted by Crippen LogP contribution is -2.23. The van der Waals surface area contributed by atoms with Gasteiger partial charge in [0.15, 0.2) is 0 Å². The number of amides is 1. The van der Waals surface area contributed by atoms with Crippen molar-refractivity contribution in [3.8, 4) is 5.75 Å². The molecule has 1 aromatic heterocycles. The molecule has 0 bridgehead atoms. The Bertz CT molecular complexity index is 929. The van der Waals surface area contributed by atoms with Gasteiger partial charge in [0.2, 0.25) is 0 Å². The van der Waals surface area contributed by atoms with Crippen molar-refractivity contribution >= 4 is 11.6 Å². The standard InChI is InChI=1S/C22H22FN3O2/c1-28-20-8-6-16(7-9-20)10-11-25-19-12-18(13-24-15-19)22(27)26-14-17-4-2-3-5-21(17)23/h2-9,12-13,15,25H,10-11,14H2,1H3,(H,26,27). The van der Waals surface area contributed by atoms with Crippen LogP contribution in [0.1, 0.15) is 21.5 Å². The molecule has 0 atom stereocenters. The summed E-state index contributed by atoms with van der Waals surface area (Å²) in [5, 5.41) is 5.98. The topological polar surface area (TPSA) is 63.2 Å². The Labute approximate surface area is 163 Å². The van der Waals surface area contributed by atoms with Crippen molar-refractivity contribution < 1.29 is 13.9 Å². The molecule has 0 aliphatic heterocycles. The maximum absolute atomic E-state index is 13.6. The number of aromatic nitrogens is 1. The van der Waals surface area contributed by atoms with Crippen LogP contribution in [0.3, 0.4) is 0 Å². The van der Waals surface area contributed by atoms with Gasteiger partial charge in [-0.1, -0.05) is 30.3 Å². The van der Waals surface area contributed by atoms with Gasteiger partial charge in [-0.15, -0.1) is 0 Å². The number of nitrogens with zero attached hydrogens (tertiary/aromatic N) is 1. The fourth-order valence-electron chi connectivity index (χ4n) is 2.72. The molecule has 0 aliphatic carbocycles. The number of nitrogens with one attached hydrogen (secondary N) is 2. The normalized spacial score (nSPS) is 10.4. The Balaban J connectivity index is 1.52. The maximum Gasteiger partial charge on any atom is 0.253 e. The minimum absolute atomic E-state index is 0.126. The van der Waals surface area contributed by atoms with Crippen LogP contribution in [0.25, 0.3) is 0 Å². The van der Waals surface area contributed by atoms with Crippen LogP contribution in [0, 0.1) is 5.82 Å². The number of methoxy groups -OCH3 is 1. The van der Waals surface area contributed by atoms with Crippen molar-refractivity contribution in [2.24, 2.45) is 0 Å². The Morgan fingerprint density at radius 2 is 1.89 bits per heavy atom. The molecule has 0 fully saturated rings. The maximum atomic E-state index is 13.6. The first-order valence-corrected chi connectivity index (χ1v) is 8.99. The van der Waals surface area contributed by atoms with Crippen LogP contribution in [0.2, 0.25) is 0 Å². The van der Waals surface area contributed by atoms with E-state index in [-0.39, 0.29) is 18.3 Å². The summed E-state index contributed by atoms with van der Waals surface area (Å²) in [4.78, 5) is 16.4. The quantitative estimate of drug-likeness (QED) is 0.625. The summed E-state index contributed by atoms with van der Waals surface area (Å²) in [6.07, 6.45) is 3.99. The Morgan fingerprint density at radius 3 is 2.64 bits per heavy atom. The summed E-state index contributed by atoms with van der Waals surface area (Å²) in [5.41, 5.74) is 2.80. The van der Waals surface area contributed by atoms with E-state index in [1.165, 1.54) is 17.8 Å². The number of carbonyl (C=O) groups is 1. The third kappa shape index (κ3) is 5.30. The van der Waals surface area contributed by atoms with Gasteiger partial charge in [0.25, 0.3) is 5.91 Å². The van der Waals surface area contributed by atoms with E-state index in [2.05, 4.69) is 15.6 Å². The number of halogens is 1. The average molecular weight is 379 g/mol. The predicted molar refractivity (Wildman–Crippen MR) is 107 cm³/mol. The van der Waals surface area contributed by atoms with Gasteiger partial charge < -0.3 is 15.4 Å². The molecule has 2 aromatic carbocycles. The highest BCUT2D eigenvalue weighted by Gasteiger charge is 2.08. The second-order valence-electron chi connectivity index (χ2n) is 6.26. The second kappa shape index (κ2) is 9.50. The van der Waals surface area contributed by atoms with Gasteiger partial charge in [-0.05, 0) is 36.2 Å². The van der Waals surface area contributed by atoms with E-state index >= 15 is 0 Å². The fraction of sp³-hybridized carbons (Fsp3) is 0.182. The first-order valence-electron chi connectivity index (χ1n) is 8.99. The van der Waals surface area contributed by atoms with Gasteiger partial charge in [0.05, 0.1) is 18.4 Å². The zero-order chi connectivity index (χ0) is 19.8. The van der Waals surface area contributed by atoms with Crippen molar-refractivity contribution in [3.63, 3.8) is 0 Å². The zero-order valence-electron chi connectivity index (χ0n) is 15.6. The largest absolute Gasteiger partial charge is 0.497 e. The number of benzene rings is 2. The highest BCUT2D eigenvalue weighted by molar-refractivity contribution is 5.94. The van der Waals surface area contributed by atoms with E-state index in [0.29, 0.717) is 17.7 Å². The van der Waals surface area contributed by atoms with Crippen molar-refractivity contribution in [1.29, 1.82) is 0 Å². The van der Waals surface area contributed by atoms with Crippen molar-refractivity contribution in [2.45, 2.75) is 13.0 Å². The number of hydrogen-bond donors (Lipinski definition) is 2. The van der Waals surface area contributed by atoms with E-state index in [1.54, 1.807) is 37.6 Å². The summed E-state index contributed by atoms with van der Waals surface area (Å²) < 4.78 is 18.8. The molecule has 1 heterocycles. The lowest BCUT2D eigenvalue weighted by molar-refractivity contribution is 0.0950. The van der Waals surface area contributed by atoms with Crippen molar-refractivity contribution in [2.75, 3.05) is 19.0 Å². The Kier molecular flexibility index (Phi) is 6.57. The molecule has 6 heteroatoms. The molecule has 3 rings (SSSR count). The zero-order valence-corrected chi connectivity index (χ0v) is 15.6. The molecule has 3 aromatic rings. The third-order valence-corrected chi connectivity index (χ3v) is 4.30. The smallest absolute Gasteiger partial charge is 0.253 e. The minimum atomic E-state index is -0.338. The molecule has 0 unspecified atom stereocenters. The highest BCUT2D eigenvalue weighted by atomic mass is 19.1. The van der Waals surface area contributed by atoms with Gasteiger partial charge >= 0.3 is 0 Å². The minimum Gasteiger partial charge on any atom is -0.497 e. The number of pyridine rings is 1. The number of ether oxygens (including phenoxy) is 1. The molecule has 144 valence electrons. The molecule has 2 N–H and O–H groups in total. The monoisotopic (exact) mass is 379 g/mol. The molecule has 0 spiro atoms. The molecule has 0 radical (unpaired) electrons. The van der Waals surface area contributed by atoms with Crippen LogP contribution in [-0.4, -0.2) is 24.5 Å². The Hall–Kier alpha value is -3.41. The van der Waals surface area contributed by atoms with E-state index in [9.17, 15) is 9.18 Å². The van der Waals surface area contributed by atoms with Crippen LogP contribution in [0.5, 0.6) is 5.75 Å². The number of anilines is 1. The van der Waals surface area contributed by atoms with Crippen LogP contribution >= 0.6 is 0 Å². The average Bonchev–Trinajstić information content (AvgIpc) is 2.74. The van der Waals surface area contributed by atoms with Crippen LogP contribution in [-0.2, 0) is 13.0 Å². The summed E-state index contributed by atoms with van der Waals surface area (Å²) in [6, 6.07) is 16.0. The molecule has 1 amide bonds. The van der Waals surface area contributed by atoms with Crippen LogP contribution in [0.4, 0.5) is 10.1 Å². The second-order valence-corrected chi connectivity index (χ2v) is 6.26. The van der Waals surface area contributed by atoms with E-state index in [0.717, 1.165) is 17.9 Å².